The van der Waals surface area contributed by atoms with Gasteiger partial charge in [0.25, 0.3) is 5.71 Å². The topological polar surface area (TPSA) is 76.2 Å². The van der Waals surface area contributed by atoms with Crippen molar-refractivity contribution in [3.05, 3.63) is 53.3 Å². The predicted octanol–water partition coefficient (Wildman–Crippen LogP) is 3.28. The van der Waals surface area contributed by atoms with Crippen LogP contribution < -0.4 is 0 Å². The molecule has 0 aliphatic heterocycles. The SMILES string of the molecule is CC(C)c1noc2ncc(C(=O)c3ccccc3O)cc12. The summed E-state index contributed by atoms with van der Waals surface area (Å²) in [4.78, 5) is 16.6. The van der Waals surface area contributed by atoms with E-state index in [4.69, 9.17) is 4.52 Å². The highest BCUT2D eigenvalue weighted by molar-refractivity contribution is 6.11. The molecule has 0 aliphatic carbocycles. The Bertz CT molecular complexity index is 821. The Balaban J connectivity index is 2.11. The van der Waals surface area contributed by atoms with Gasteiger partial charge in [0.05, 0.1) is 16.6 Å². The summed E-state index contributed by atoms with van der Waals surface area (Å²) in [7, 11) is 0. The molecule has 2 heterocycles. The van der Waals surface area contributed by atoms with Gasteiger partial charge in [-0.15, -0.1) is 0 Å². The van der Waals surface area contributed by atoms with Crippen LogP contribution in [-0.4, -0.2) is 21.0 Å². The molecule has 0 spiro atoms. The molecule has 0 saturated carbocycles. The molecule has 0 amide bonds. The lowest BCUT2D eigenvalue weighted by Gasteiger charge is -2.04. The first-order chi connectivity index (χ1) is 10.1. The first-order valence-electron chi connectivity index (χ1n) is 6.66. The Kier molecular flexibility index (Phi) is 3.17. The Morgan fingerprint density at radius 1 is 1.29 bits per heavy atom. The molecular weight excluding hydrogens is 268 g/mol. The quantitative estimate of drug-likeness (QED) is 0.746. The van der Waals surface area contributed by atoms with Crippen molar-refractivity contribution in [3.8, 4) is 5.75 Å². The van der Waals surface area contributed by atoms with Gasteiger partial charge in [-0.2, -0.15) is 0 Å². The van der Waals surface area contributed by atoms with E-state index in [-0.39, 0.29) is 23.0 Å². The summed E-state index contributed by atoms with van der Waals surface area (Å²) in [5.74, 6) is -0.154. The Morgan fingerprint density at radius 3 is 2.76 bits per heavy atom. The number of phenols is 1. The molecule has 5 nitrogen and oxygen atoms in total. The molecule has 0 atom stereocenters. The van der Waals surface area contributed by atoms with Gasteiger partial charge < -0.3 is 9.63 Å². The Labute approximate surface area is 121 Å². The highest BCUT2D eigenvalue weighted by atomic mass is 16.5. The lowest BCUT2D eigenvalue weighted by Crippen LogP contribution is -2.02. The van der Waals surface area contributed by atoms with E-state index in [2.05, 4.69) is 10.1 Å². The van der Waals surface area contributed by atoms with Gasteiger partial charge in [0.1, 0.15) is 5.75 Å². The maximum absolute atomic E-state index is 12.5. The van der Waals surface area contributed by atoms with Crippen LogP contribution in [0.15, 0.2) is 41.1 Å². The van der Waals surface area contributed by atoms with Crippen LogP contribution in [0, 0.1) is 0 Å². The van der Waals surface area contributed by atoms with Gasteiger partial charge in [-0.3, -0.25) is 4.79 Å². The molecule has 21 heavy (non-hydrogen) atoms. The highest BCUT2D eigenvalue weighted by Gasteiger charge is 2.18. The Hall–Kier alpha value is -2.69. The summed E-state index contributed by atoms with van der Waals surface area (Å²) in [6.07, 6.45) is 1.44. The average Bonchev–Trinajstić information content (AvgIpc) is 2.90. The first kappa shape index (κ1) is 13.3. The van der Waals surface area contributed by atoms with Crippen LogP contribution >= 0.6 is 0 Å². The minimum Gasteiger partial charge on any atom is -0.507 e. The number of hydrogen-bond donors (Lipinski definition) is 1. The number of aromatic hydroxyl groups is 1. The second-order valence-electron chi connectivity index (χ2n) is 5.15. The van der Waals surface area contributed by atoms with Crippen LogP contribution in [0.4, 0.5) is 0 Å². The standard InChI is InChI=1S/C16H14N2O3/c1-9(2)14-12-7-10(8-17-16(12)21-18-14)15(20)11-5-3-4-6-13(11)19/h3-9,19H,1-2H3. The van der Waals surface area contributed by atoms with Crippen molar-refractivity contribution in [1.29, 1.82) is 0 Å². The molecule has 5 heteroatoms. The lowest BCUT2D eigenvalue weighted by molar-refractivity contribution is 0.103. The maximum Gasteiger partial charge on any atom is 0.257 e. The summed E-state index contributed by atoms with van der Waals surface area (Å²) in [5, 5.41) is 14.5. The minimum absolute atomic E-state index is 0.0444. The molecule has 0 saturated heterocycles. The molecule has 0 unspecified atom stereocenters. The van der Waals surface area contributed by atoms with E-state index in [1.807, 2.05) is 13.8 Å². The van der Waals surface area contributed by atoms with E-state index in [1.165, 1.54) is 12.3 Å². The fraction of sp³-hybridized carbons (Fsp3) is 0.188. The molecule has 3 aromatic rings. The smallest absolute Gasteiger partial charge is 0.257 e. The van der Waals surface area contributed by atoms with Gasteiger partial charge in [-0.25, -0.2) is 4.98 Å². The van der Waals surface area contributed by atoms with Crippen molar-refractivity contribution >= 4 is 16.9 Å². The van der Waals surface area contributed by atoms with Crippen LogP contribution in [0.3, 0.4) is 0 Å². The molecule has 1 aromatic carbocycles. The summed E-state index contributed by atoms with van der Waals surface area (Å²) in [6.45, 7) is 3.99. The van der Waals surface area contributed by atoms with Gasteiger partial charge in [-0.1, -0.05) is 31.1 Å². The van der Waals surface area contributed by atoms with Crippen molar-refractivity contribution in [1.82, 2.24) is 10.1 Å². The van der Waals surface area contributed by atoms with Crippen molar-refractivity contribution in [2.24, 2.45) is 0 Å². The number of aromatic nitrogens is 2. The van der Waals surface area contributed by atoms with E-state index < -0.39 is 0 Å². The fourth-order valence-corrected chi connectivity index (χ4v) is 2.21. The fourth-order valence-electron chi connectivity index (χ4n) is 2.21. The number of nitrogens with zero attached hydrogens (tertiary/aromatic N) is 2. The third-order valence-corrected chi connectivity index (χ3v) is 3.32. The molecule has 0 radical (unpaired) electrons. The van der Waals surface area contributed by atoms with E-state index in [1.54, 1.807) is 24.3 Å². The second kappa shape index (κ2) is 5.01. The first-order valence-corrected chi connectivity index (χ1v) is 6.66. The maximum atomic E-state index is 12.5. The number of ketones is 1. The largest absolute Gasteiger partial charge is 0.507 e. The number of phenolic OH excluding ortho intramolecular Hbond substituents is 1. The highest BCUT2D eigenvalue weighted by Crippen LogP contribution is 2.26. The monoisotopic (exact) mass is 282 g/mol. The molecule has 0 bridgehead atoms. The van der Waals surface area contributed by atoms with Crippen molar-refractivity contribution < 1.29 is 14.4 Å². The van der Waals surface area contributed by atoms with Crippen LogP contribution in [0.5, 0.6) is 5.75 Å². The average molecular weight is 282 g/mol. The number of carbonyl (C=O) groups excluding carboxylic acids is 1. The molecule has 106 valence electrons. The molecule has 1 N–H and O–H groups in total. The van der Waals surface area contributed by atoms with Gasteiger partial charge in [-0.05, 0) is 24.1 Å². The molecule has 3 rings (SSSR count). The number of para-hydroxylation sites is 1. The number of hydrogen-bond acceptors (Lipinski definition) is 5. The zero-order chi connectivity index (χ0) is 15.0. The number of benzene rings is 1. The van der Waals surface area contributed by atoms with Crippen LogP contribution in [0.25, 0.3) is 11.1 Å². The Morgan fingerprint density at radius 2 is 2.05 bits per heavy atom. The van der Waals surface area contributed by atoms with Crippen LogP contribution in [-0.2, 0) is 0 Å². The molecule has 0 fully saturated rings. The molecule has 0 aliphatic rings. The summed E-state index contributed by atoms with van der Waals surface area (Å²) >= 11 is 0. The number of fused-ring (bicyclic) bond motifs is 1. The van der Waals surface area contributed by atoms with Gasteiger partial charge in [0, 0.05) is 11.8 Å². The van der Waals surface area contributed by atoms with Crippen molar-refractivity contribution in [2.45, 2.75) is 19.8 Å². The second-order valence-corrected chi connectivity index (χ2v) is 5.15. The minimum atomic E-state index is -0.279. The molecule has 2 aromatic heterocycles. The zero-order valence-corrected chi connectivity index (χ0v) is 11.7. The van der Waals surface area contributed by atoms with Crippen molar-refractivity contribution in [2.75, 3.05) is 0 Å². The zero-order valence-electron chi connectivity index (χ0n) is 11.7. The predicted molar refractivity (Wildman–Crippen MR) is 77.4 cm³/mol. The summed E-state index contributed by atoms with van der Waals surface area (Å²) in [6, 6.07) is 8.15. The number of rotatable bonds is 3. The normalized spacial score (nSPS) is 11.2. The van der Waals surface area contributed by atoms with Crippen LogP contribution in [0.2, 0.25) is 0 Å². The number of carbonyl (C=O) groups is 1. The van der Waals surface area contributed by atoms with E-state index in [9.17, 15) is 9.90 Å². The van der Waals surface area contributed by atoms with Crippen LogP contribution in [0.1, 0.15) is 41.4 Å². The van der Waals surface area contributed by atoms with Gasteiger partial charge in [0.2, 0.25) is 0 Å². The van der Waals surface area contributed by atoms with Gasteiger partial charge in [0.15, 0.2) is 5.78 Å². The number of pyridine rings is 1. The van der Waals surface area contributed by atoms with Crippen molar-refractivity contribution in [3.63, 3.8) is 0 Å². The third-order valence-electron chi connectivity index (χ3n) is 3.32. The van der Waals surface area contributed by atoms with E-state index in [0.29, 0.717) is 11.3 Å². The third kappa shape index (κ3) is 2.27. The van der Waals surface area contributed by atoms with Gasteiger partial charge >= 0.3 is 0 Å². The molecular formula is C16H14N2O3. The summed E-state index contributed by atoms with van der Waals surface area (Å²) < 4.78 is 5.15. The summed E-state index contributed by atoms with van der Waals surface area (Å²) in [5.41, 5.74) is 1.83. The van der Waals surface area contributed by atoms with E-state index in [0.717, 1.165) is 11.1 Å². The van der Waals surface area contributed by atoms with E-state index >= 15 is 0 Å². The lowest BCUT2D eigenvalue weighted by atomic mass is 10.0.